The third kappa shape index (κ3) is 4.24. The van der Waals surface area contributed by atoms with E-state index in [1.807, 2.05) is 0 Å². The molecule has 0 spiro atoms. The smallest absolute Gasteiger partial charge is 0.223 e. The predicted molar refractivity (Wildman–Crippen MR) is 66.3 cm³/mol. The third-order valence-corrected chi connectivity index (χ3v) is 2.52. The van der Waals surface area contributed by atoms with Crippen molar-refractivity contribution in [2.45, 2.75) is 19.4 Å². The van der Waals surface area contributed by atoms with Gasteiger partial charge in [-0.25, -0.2) is 0 Å². The van der Waals surface area contributed by atoms with E-state index in [0.29, 0.717) is 16.3 Å². The Bertz CT molecular complexity index is 393. The molecular formula is C12H16ClNO3. The summed E-state index contributed by atoms with van der Waals surface area (Å²) >= 11 is 5.84. The summed E-state index contributed by atoms with van der Waals surface area (Å²) in [5.41, 5.74) is 0.620. The highest BCUT2D eigenvalue weighted by Crippen LogP contribution is 2.28. The van der Waals surface area contributed by atoms with Crippen LogP contribution in [-0.2, 0) is 4.79 Å². The Labute approximate surface area is 106 Å². The molecule has 0 saturated carbocycles. The van der Waals surface area contributed by atoms with Crippen molar-refractivity contribution < 1.29 is 14.6 Å². The van der Waals surface area contributed by atoms with E-state index in [0.717, 1.165) is 0 Å². The lowest BCUT2D eigenvalue weighted by molar-refractivity contribution is -0.121. The number of aliphatic hydroxyl groups is 1. The maximum absolute atomic E-state index is 11.0. The molecule has 1 aromatic rings. The molecule has 17 heavy (non-hydrogen) atoms. The van der Waals surface area contributed by atoms with Gasteiger partial charge in [0.25, 0.3) is 0 Å². The van der Waals surface area contributed by atoms with E-state index in [1.54, 1.807) is 32.2 Å². The van der Waals surface area contributed by atoms with Gasteiger partial charge < -0.3 is 15.2 Å². The second-order valence-electron chi connectivity index (χ2n) is 3.63. The molecule has 1 amide bonds. The lowest BCUT2D eigenvalue weighted by Gasteiger charge is -2.13. The van der Waals surface area contributed by atoms with E-state index < -0.39 is 6.10 Å². The third-order valence-electron chi connectivity index (χ3n) is 2.29. The number of rotatable bonds is 5. The Balaban J connectivity index is 2.67. The van der Waals surface area contributed by atoms with E-state index in [2.05, 4.69) is 5.32 Å². The molecule has 0 heterocycles. The van der Waals surface area contributed by atoms with Crippen LogP contribution in [0.5, 0.6) is 5.75 Å². The molecular weight excluding hydrogens is 242 g/mol. The van der Waals surface area contributed by atoms with Crippen molar-refractivity contribution in [1.82, 2.24) is 5.32 Å². The van der Waals surface area contributed by atoms with Gasteiger partial charge in [-0.3, -0.25) is 4.79 Å². The van der Waals surface area contributed by atoms with Gasteiger partial charge in [0.1, 0.15) is 5.75 Å². The fraction of sp³-hybridized carbons (Fsp3) is 0.417. The van der Waals surface area contributed by atoms with Crippen molar-refractivity contribution in [2.24, 2.45) is 0 Å². The van der Waals surface area contributed by atoms with E-state index in [-0.39, 0.29) is 18.9 Å². The zero-order valence-electron chi connectivity index (χ0n) is 9.87. The number of benzene rings is 1. The zero-order valence-corrected chi connectivity index (χ0v) is 10.6. The number of amides is 1. The van der Waals surface area contributed by atoms with Gasteiger partial charge in [-0.2, -0.15) is 0 Å². The van der Waals surface area contributed by atoms with Crippen molar-refractivity contribution in [3.63, 3.8) is 0 Å². The standard InChI is InChI=1S/C12H16ClNO3/c1-8(15)10-7-9(13)3-4-11(10)17-6-5-12(16)14-2/h3-4,7-8,15H,5-6H2,1-2H3,(H,14,16)/t8-/m0/s1. The van der Waals surface area contributed by atoms with E-state index in [4.69, 9.17) is 16.3 Å². The minimum absolute atomic E-state index is 0.0856. The average molecular weight is 258 g/mol. The monoisotopic (exact) mass is 257 g/mol. The van der Waals surface area contributed by atoms with Crippen LogP contribution in [0, 0.1) is 0 Å². The Morgan fingerprint density at radius 3 is 2.88 bits per heavy atom. The molecule has 0 aliphatic heterocycles. The molecule has 0 saturated heterocycles. The van der Waals surface area contributed by atoms with Gasteiger partial charge in [0, 0.05) is 17.6 Å². The largest absolute Gasteiger partial charge is 0.493 e. The highest BCUT2D eigenvalue weighted by atomic mass is 35.5. The van der Waals surface area contributed by atoms with Gasteiger partial charge in [0.2, 0.25) is 5.91 Å². The van der Waals surface area contributed by atoms with Crippen LogP contribution >= 0.6 is 11.6 Å². The van der Waals surface area contributed by atoms with Crippen LogP contribution in [0.2, 0.25) is 5.02 Å². The second kappa shape index (κ2) is 6.47. The van der Waals surface area contributed by atoms with Crippen molar-refractivity contribution in [1.29, 1.82) is 0 Å². The van der Waals surface area contributed by atoms with Gasteiger partial charge >= 0.3 is 0 Å². The lowest BCUT2D eigenvalue weighted by Crippen LogP contribution is -2.20. The van der Waals surface area contributed by atoms with Gasteiger partial charge in [0.05, 0.1) is 19.1 Å². The van der Waals surface area contributed by atoms with Crippen LogP contribution in [-0.4, -0.2) is 24.7 Å². The number of carbonyl (C=O) groups is 1. The number of hydrogen-bond donors (Lipinski definition) is 2. The minimum Gasteiger partial charge on any atom is -0.493 e. The van der Waals surface area contributed by atoms with Crippen molar-refractivity contribution in [3.05, 3.63) is 28.8 Å². The number of halogens is 1. The number of hydrogen-bond acceptors (Lipinski definition) is 3. The number of carbonyl (C=O) groups excluding carboxylic acids is 1. The first-order valence-corrected chi connectivity index (χ1v) is 5.73. The maximum atomic E-state index is 11.0. The summed E-state index contributed by atoms with van der Waals surface area (Å²) in [7, 11) is 1.58. The summed E-state index contributed by atoms with van der Waals surface area (Å²) in [6.07, 6.45) is -0.387. The second-order valence-corrected chi connectivity index (χ2v) is 4.07. The van der Waals surface area contributed by atoms with E-state index >= 15 is 0 Å². The molecule has 0 radical (unpaired) electrons. The Hall–Kier alpha value is -1.26. The van der Waals surface area contributed by atoms with Crippen molar-refractivity contribution >= 4 is 17.5 Å². The van der Waals surface area contributed by atoms with Gasteiger partial charge in [0.15, 0.2) is 0 Å². The molecule has 5 heteroatoms. The number of ether oxygens (including phenoxy) is 1. The molecule has 0 unspecified atom stereocenters. The van der Waals surface area contributed by atoms with Crippen LogP contribution in [0.1, 0.15) is 25.0 Å². The van der Waals surface area contributed by atoms with Crippen molar-refractivity contribution in [3.8, 4) is 5.75 Å². The van der Waals surface area contributed by atoms with Crippen LogP contribution < -0.4 is 10.1 Å². The molecule has 0 fully saturated rings. The summed E-state index contributed by atoms with van der Waals surface area (Å²) < 4.78 is 5.45. The summed E-state index contributed by atoms with van der Waals surface area (Å²) in [5, 5.41) is 12.6. The Kier molecular flexibility index (Phi) is 5.25. The molecule has 2 N–H and O–H groups in total. The summed E-state index contributed by atoms with van der Waals surface area (Å²) in [5.74, 6) is 0.464. The fourth-order valence-corrected chi connectivity index (χ4v) is 1.54. The van der Waals surface area contributed by atoms with Crippen LogP contribution in [0.15, 0.2) is 18.2 Å². The molecule has 94 valence electrons. The fourth-order valence-electron chi connectivity index (χ4n) is 1.36. The lowest BCUT2D eigenvalue weighted by atomic mass is 10.1. The highest BCUT2D eigenvalue weighted by Gasteiger charge is 2.10. The topological polar surface area (TPSA) is 58.6 Å². The average Bonchev–Trinajstić information content (AvgIpc) is 2.30. The highest BCUT2D eigenvalue weighted by molar-refractivity contribution is 6.30. The first-order chi connectivity index (χ1) is 8.04. The van der Waals surface area contributed by atoms with Crippen LogP contribution in [0.4, 0.5) is 0 Å². The Morgan fingerprint density at radius 2 is 2.29 bits per heavy atom. The van der Waals surface area contributed by atoms with E-state index in [9.17, 15) is 9.90 Å². The van der Waals surface area contributed by atoms with Crippen LogP contribution in [0.3, 0.4) is 0 Å². The molecule has 1 aromatic carbocycles. The first-order valence-electron chi connectivity index (χ1n) is 5.35. The van der Waals surface area contributed by atoms with E-state index in [1.165, 1.54) is 0 Å². The minimum atomic E-state index is -0.663. The zero-order chi connectivity index (χ0) is 12.8. The molecule has 0 bridgehead atoms. The first kappa shape index (κ1) is 13.8. The number of aliphatic hydroxyl groups excluding tert-OH is 1. The molecule has 0 aliphatic carbocycles. The summed E-state index contributed by atoms with van der Waals surface area (Å²) in [4.78, 5) is 11.0. The normalized spacial score (nSPS) is 12.0. The molecule has 1 atom stereocenters. The van der Waals surface area contributed by atoms with Gasteiger partial charge in [-0.05, 0) is 25.1 Å². The molecule has 0 aromatic heterocycles. The summed E-state index contributed by atoms with van der Waals surface area (Å²) in [6, 6.07) is 5.03. The summed E-state index contributed by atoms with van der Waals surface area (Å²) in [6.45, 7) is 1.90. The van der Waals surface area contributed by atoms with Crippen molar-refractivity contribution in [2.75, 3.05) is 13.7 Å². The molecule has 4 nitrogen and oxygen atoms in total. The van der Waals surface area contributed by atoms with Gasteiger partial charge in [-0.1, -0.05) is 11.6 Å². The molecule has 1 rings (SSSR count). The SMILES string of the molecule is CNC(=O)CCOc1ccc(Cl)cc1[C@H](C)O. The predicted octanol–water partition coefficient (Wildman–Crippen LogP) is 1.91. The number of nitrogens with one attached hydrogen (secondary N) is 1. The van der Waals surface area contributed by atoms with Gasteiger partial charge in [-0.15, -0.1) is 0 Å². The van der Waals surface area contributed by atoms with Crippen LogP contribution in [0.25, 0.3) is 0 Å². The molecule has 0 aliphatic rings. The Morgan fingerprint density at radius 1 is 1.59 bits per heavy atom. The maximum Gasteiger partial charge on any atom is 0.223 e. The quantitative estimate of drug-likeness (QED) is 0.847.